The summed E-state index contributed by atoms with van der Waals surface area (Å²) in [6.45, 7) is 1.05. The van der Waals surface area contributed by atoms with Gasteiger partial charge in [-0.15, -0.1) is 0 Å². The Hall–Kier alpha value is -0.820. The lowest BCUT2D eigenvalue weighted by Gasteiger charge is -2.07. The van der Waals surface area contributed by atoms with Gasteiger partial charge in [0, 0.05) is 17.7 Å². The van der Waals surface area contributed by atoms with Crippen LogP contribution in [0.5, 0.6) is 0 Å². The lowest BCUT2D eigenvalue weighted by atomic mass is 10.4. The van der Waals surface area contributed by atoms with Crippen molar-refractivity contribution in [1.29, 1.82) is 0 Å². The van der Waals surface area contributed by atoms with Crippen LogP contribution in [0.15, 0.2) is 0 Å². The number of sulfonamides is 1. The number of hydrogen-bond donors (Lipinski definition) is 2. The Balaban J connectivity index is 3.92. The van der Waals surface area contributed by atoms with Crippen LogP contribution in [0.3, 0.4) is 0 Å². The van der Waals surface area contributed by atoms with E-state index in [0.717, 1.165) is 0 Å². The molecule has 9 nitrogen and oxygen atoms in total. The van der Waals surface area contributed by atoms with Crippen LogP contribution in [0.2, 0.25) is 0 Å². The molecule has 130 valence electrons. The first-order valence-corrected chi connectivity index (χ1v) is 10.6. The quantitative estimate of drug-likeness (QED) is 0.435. The van der Waals surface area contributed by atoms with Crippen molar-refractivity contribution in [2.45, 2.75) is 19.8 Å². The van der Waals surface area contributed by atoms with Crippen LogP contribution in [0.4, 0.5) is 0 Å². The molecule has 1 unspecified atom stereocenters. The molecule has 0 saturated heterocycles. The van der Waals surface area contributed by atoms with E-state index in [9.17, 15) is 22.2 Å². The monoisotopic (exact) mass is 377 g/mol. The van der Waals surface area contributed by atoms with Crippen LogP contribution >= 0.6 is 0 Å². The zero-order valence-corrected chi connectivity index (χ0v) is 14.4. The molecule has 0 radical (unpaired) electrons. The summed E-state index contributed by atoms with van der Waals surface area (Å²) in [5, 5.41) is 0. The van der Waals surface area contributed by atoms with Gasteiger partial charge in [0.1, 0.15) is 8.77 Å². The van der Waals surface area contributed by atoms with Crippen LogP contribution in [-0.2, 0) is 49.0 Å². The van der Waals surface area contributed by atoms with Crippen molar-refractivity contribution < 1.29 is 36.2 Å². The van der Waals surface area contributed by atoms with Crippen LogP contribution < -0.4 is 4.72 Å². The summed E-state index contributed by atoms with van der Waals surface area (Å²) in [7, 11) is -7.05. The van der Waals surface area contributed by atoms with Crippen molar-refractivity contribution in [3.8, 4) is 0 Å². The fourth-order valence-corrected chi connectivity index (χ4v) is 3.35. The fraction of sp³-hybridized carbons (Fsp3) is 0.800. The largest absolute Gasteiger partial charge is 0.463 e. The van der Waals surface area contributed by atoms with Gasteiger partial charge in [-0.3, -0.25) is 4.79 Å². The predicted octanol–water partition coefficient (Wildman–Crippen LogP) is -0.988. The summed E-state index contributed by atoms with van der Waals surface area (Å²) >= 11 is 4.23. The average molecular weight is 377 g/mol. The van der Waals surface area contributed by atoms with Crippen LogP contribution in [0.25, 0.3) is 0 Å². The van der Waals surface area contributed by atoms with E-state index < -0.39 is 37.3 Å². The van der Waals surface area contributed by atoms with Gasteiger partial charge in [-0.05, 0) is 13.3 Å². The molecule has 0 fully saturated rings. The van der Waals surface area contributed by atoms with Gasteiger partial charge in [0.15, 0.2) is 6.61 Å². The molecule has 0 aromatic rings. The zero-order chi connectivity index (χ0) is 17.2. The molecule has 0 spiro atoms. The first-order chi connectivity index (χ1) is 10.1. The van der Waals surface area contributed by atoms with Crippen molar-refractivity contribution in [3.63, 3.8) is 0 Å². The molecule has 0 bridgehead atoms. The van der Waals surface area contributed by atoms with E-state index in [1.165, 1.54) is 0 Å². The maximum atomic E-state index is 11.5. The van der Waals surface area contributed by atoms with E-state index in [1.807, 2.05) is 0 Å². The van der Waals surface area contributed by atoms with E-state index in [1.54, 1.807) is 6.92 Å². The second kappa shape index (κ2) is 10.0. The molecule has 2 N–H and O–H groups in total. The molecule has 0 aliphatic carbocycles. The van der Waals surface area contributed by atoms with Gasteiger partial charge in [0.05, 0.1) is 24.5 Å². The Labute approximate surface area is 134 Å². The number of ether oxygens (including phenoxy) is 2. The smallest absolute Gasteiger partial charge is 0.344 e. The molecule has 0 heterocycles. The highest BCUT2D eigenvalue weighted by atomic mass is 32.8. The van der Waals surface area contributed by atoms with Crippen molar-refractivity contribution in [3.05, 3.63) is 0 Å². The topological polar surface area (TPSA) is 136 Å². The van der Waals surface area contributed by atoms with Crippen LogP contribution in [0.1, 0.15) is 19.8 Å². The van der Waals surface area contributed by atoms with Gasteiger partial charge < -0.3 is 14.0 Å². The minimum atomic E-state index is -3.67. The first-order valence-electron chi connectivity index (χ1n) is 6.29. The van der Waals surface area contributed by atoms with Gasteiger partial charge in [0.2, 0.25) is 10.0 Å². The number of nitrogens with one attached hydrogen (secondary N) is 1. The molecule has 0 aliphatic rings. The molecule has 0 saturated carbocycles. The third kappa shape index (κ3) is 12.9. The lowest BCUT2D eigenvalue weighted by Crippen LogP contribution is -2.30. The van der Waals surface area contributed by atoms with Gasteiger partial charge in [-0.1, -0.05) is 0 Å². The SMILES string of the molecule is CCOC(=O)COC(=O)CCNS(=O)(=O)CCCS(=O)(O)=S. The van der Waals surface area contributed by atoms with Crippen molar-refractivity contribution in [1.82, 2.24) is 4.72 Å². The Bertz CT molecular complexity index is 569. The number of hydrogen-bond acceptors (Lipinski definition) is 8. The summed E-state index contributed by atoms with van der Waals surface area (Å²) in [6.07, 6.45) is -0.322. The third-order valence-corrected chi connectivity index (χ3v) is 4.90. The highest BCUT2D eigenvalue weighted by Gasteiger charge is 2.13. The molecule has 0 aromatic heterocycles. The van der Waals surface area contributed by atoms with Crippen molar-refractivity contribution in [2.75, 3.05) is 31.3 Å². The Morgan fingerprint density at radius 1 is 1.14 bits per heavy atom. The predicted molar refractivity (Wildman–Crippen MR) is 81.6 cm³/mol. The maximum Gasteiger partial charge on any atom is 0.344 e. The molecule has 12 heteroatoms. The first kappa shape index (κ1) is 21.2. The standard InChI is InChI=1S/C10H19NO8S3/c1-2-18-10(13)8-19-9(12)4-5-11-21(14,15)6-3-7-22(16,17)20/h11H,2-8H2,1H3,(H,16,17,20). The van der Waals surface area contributed by atoms with E-state index in [2.05, 4.69) is 25.4 Å². The number of carbonyl (C=O) groups is 2. The fourth-order valence-electron chi connectivity index (χ4n) is 1.23. The van der Waals surface area contributed by atoms with Gasteiger partial charge in [-0.25, -0.2) is 22.1 Å². The minimum Gasteiger partial charge on any atom is -0.463 e. The Morgan fingerprint density at radius 2 is 1.77 bits per heavy atom. The third-order valence-electron chi connectivity index (χ3n) is 2.12. The molecule has 0 amide bonds. The molecule has 22 heavy (non-hydrogen) atoms. The van der Waals surface area contributed by atoms with E-state index >= 15 is 0 Å². The molecule has 0 aromatic carbocycles. The summed E-state index contributed by atoms with van der Waals surface area (Å²) in [4.78, 5) is 22.1. The summed E-state index contributed by atoms with van der Waals surface area (Å²) in [5.74, 6) is -2.11. The number of carbonyl (C=O) groups excluding carboxylic acids is 2. The van der Waals surface area contributed by atoms with Gasteiger partial charge >= 0.3 is 11.9 Å². The molecule has 1 atom stereocenters. The Kier molecular flexibility index (Phi) is 9.67. The molecule has 0 aliphatic heterocycles. The second-order valence-corrected chi connectivity index (χ2v) is 9.13. The van der Waals surface area contributed by atoms with Crippen LogP contribution in [-0.4, -0.2) is 60.4 Å². The van der Waals surface area contributed by atoms with E-state index in [4.69, 9.17) is 4.55 Å². The van der Waals surface area contributed by atoms with Crippen LogP contribution in [0, 0.1) is 0 Å². The zero-order valence-electron chi connectivity index (χ0n) is 12.0. The number of rotatable bonds is 11. The lowest BCUT2D eigenvalue weighted by molar-refractivity contribution is -0.158. The summed E-state index contributed by atoms with van der Waals surface area (Å²) < 4.78 is 53.9. The number of esters is 2. The maximum absolute atomic E-state index is 11.5. The highest BCUT2D eigenvalue weighted by Crippen LogP contribution is 1.95. The molecular weight excluding hydrogens is 358 g/mol. The molecular formula is C10H19NO8S3. The summed E-state index contributed by atoms with van der Waals surface area (Å²) in [5.41, 5.74) is 0. The van der Waals surface area contributed by atoms with E-state index in [0.29, 0.717) is 0 Å². The van der Waals surface area contributed by atoms with E-state index in [-0.39, 0.29) is 37.5 Å². The summed E-state index contributed by atoms with van der Waals surface area (Å²) in [6, 6.07) is 0. The Morgan fingerprint density at radius 3 is 2.32 bits per heavy atom. The van der Waals surface area contributed by atoms with Crippen molar-refractivity contribution >= 4 is 41.9 Å². The minimum absolute atomic E-state index is 0.0680. The van der Waals surface area contributed by atoms with Gasteiger partial charge in [0.25, 0.3) is 0 Å². The second-order valence-electron chi connectivity index (χ2n) is 4.07. The highest BCUT2D eigenvalue weighted by molar-refractivity contribution is 8.29. The van der Waals surface area contributed by atoms with Crippen molar-refractivity contribution in [2.24, 2.45) is 0 Å². The van der Waals surface area contributed by atoms with Gasteiger partial charge in [-0.2, -0.15) is 0 Å². The average Bonchev–Trinajstić information content (AvgIpc) is 2.34. The molecule has 0 rings (SSSR count). The normalized spacial score (nSPS) is 14.1.